The van der Waals surface area contributed by atoms with Crippen molar-refractivity contribution in [2.24, 2.45) is 0 Å². The van der Waals surface area contributed by atoms with E-state index in [1.54, 1.807) is 6.07 Å². The van der Waals surface area contributed by atoms with Crippen molar-refractivity contribution in [2.75, 3.05) is 6.26 Å². The lowest BCUT2D eigenvalue weighted by molar-refractivity contribution is 0.476. The molecule has 19 heavy (non-hydrogen) atoms. The molecule has 0 aliphatic heterocycles. The third-order valence-corrected chi connectivity index (χ3v) is 3.76. The van der Waals surface area contributed by atoms with Crippen LogP contribution in [0.2, 0.25) is 5.02 Å². The van der Waals surface area contributed by atoms with Crippen molar-refractivity contribution in [3.63, 3.8) is 0 Å². The average molecular weight is 301 g/mol. The Kier molecular flexibility index (Phi) is 3.78. The molecular formula is C13H10ClFO3S. The van der Waals surface area contributed by atoms with E-state index in [1.807, 2.05) is 0 Å². The highest BCUT2D eigenvalue weighted by atomic mass is 35.5. The molecule has 0 spiro atoms. The average Bonchev–Trinajstić information content (AvgIpc) is 2.30. The van der Waals surface area contributed by atoms with Gasteiger partial charge in [0.05, 0.1) is 9.92 Å². The normalized spacial score (nSPS) is 11.3. The molecule has 0 radical (unpaired) electrons. The van der Waals surface area contributed by atoms with E-state index >= 15 is 0 Å². The van der Waals surface area contributed by atoms with Gasteiger partial charge in [0.1, 0.15) is 17.3 Å². The van der Waals surface area contributed by atoms with Crippen LogP contribution in [0.3, 0.4) is 0 Å². The van der Waals surface area contributed by atoms with Crippen LogP contribution in [-0.4, -0.2) is 14.7 Å². The second-order valence-corrected chi connectivity index (χ2v) is 6.35. The van der Waals surface area contributed by atoms with Crippen LogP contribution < -0.4 is 4.74 Å². The van der Waals surface area contributed by atoms with E-state index < -0.39 is 15.7 Å². The molecule has 2 aromatic carbocycles. The molecule has 0 fully saturated rings. The quantitative estimate of drug-likeness (QED) is 0.868. The molecule has 0 amide bonds. The van der Waals surface area contributed by atoms with Crippen molar-refractivity contribution in [3.8, 4) is 11.5 Å². The largest absolute Gasteiger partial charge is 0.456 e. The summed E-state index contributed by atoms with van der Waals surface area (Å²) in [5.41, 5.74) is 0. The van der Waals surface area contributed by atoms with Gasteiger partial charge >= 0.3 is 0 Å². The van der Waals surface area contributed by atoms with E-state index in [9.17, 15) is 12.8 Å². The molecule has 6 heteroatoms. The third-order valence-electron chi connectivity index (χ3n) is 2.36. The standard InChI is InChI=1S/C13H10ClFO3S/c1-19(16,17)11-5-6-13(12(14)8-11)18-10-4-2-3-9(15)7-10/h2-8H,1H3. The monoisotopic (exact) mass is 300 g/mol. The molecule has 0 saturated carbocycles. The summed E-state index contributed by atoms with van der Waals surface area (Å²) in [6.07, 6.45) is 1.09. The van der Waals surface area contributed by atoms with Crippen LogP contribution in [0.25, 0.3) is 0 Å². The maximum atomic E-state index is 13.0. The zero-order chi connectivity index (χ0) is 14.0. The first-order valence-corrected chi connectivity index (χ1v) is 7.56. The predicted molar refractivity (Wildman–Crippen MR) is 71.0 cm³/mol. The Balaban J connectivity index is 2.32. The van der Waals surface area contributed by atoms with Gasteiger partial charge in [0, 0.05) is 12.3 Å². The summed E-state index contributed by atoms with van der Waals surface area (Å²) < 4.78 is 41.1. The zero-order valence-electron chi connectivity index (χ0n) is 9.93. The molecule has 0 N–H and O–H groups in total. The molecule has 100 valence electrons. The zero-order valence-corrected chi connectivity index (χ0v) is 11.5. The SMILES string of the molecule is CS(=O)(=O)c1ccc(Oc2cccc(F)c2)c(Cl)c1. The van der Waals surface area contributed by atoms with Crippen molar-refractivity contribution in [1.82, 2.24) is 0 Å². The number of ether oxygens (including phenoxy) is 1. The van der Waals surface area contributed by atoms with Crippen LogP contribution in [0.15, 0.2) is 47.4 Å². The second-order valence-electron chi connectivity index (χ2n) is 3.92. The van der Waals surface area contributed by atoms with Gasteiger partial charge in [0.2, 0.25) is 0 Å². The van der Waals surface area contributed by atoms with E-state index in [4.69, 9.17) is 16.3 Å². The Morgan fingerprint density at radius 2 is 1.89 bits per heavy atom. The summed E-state index contributed by atoms with van der Waals surface area (Å²) in [7, 11) is -3.32. The van der Waals surface area contributed by atoms with E-state index in [0.717, 1.165) is 6.26 Å². The lowest BCUT2D eigenvalue weighted by Gasteiger charge is -2.08. The number of sulfone groups is 1. The summed E-state index contributed by atoms with van der Waals surface area (Å²) in [6.45, 7) is 0. The number of hydrogen-bond donors (Lipinski definition) is 0. The minimum Gasteiger partial charge on any atom is -0.456 e. The van der Waals surface area contributed by atoms with Crippen molar-refractivity contribution < 1.29 is 17.5 Å². The lowest BCUT2D eigenvalue weighted by Crippen LogP contribution is -1.97. The first-order valence-electron chi connectivity index (χ1n) is 5.29. The first kappa shape index (κ1) is 13.8. The molecule has 3 nitrogen and oxygen atoms in total. The topological polar surface area (TPSA) is 43.4 Å². The summed E-state index contributed by atoms with van der Waals surface area (Å²) in [5, 5.41) is 0.146. The number of halogens is 2. The Bertz CT molecular complexity index is 714. The molecule has 0 unspecified atom stereocenters. The second kappa shape index (κ2) is 5.19. The molecular weight excluding hydrogens is 291 g/mol. The van der Waals surface area contributed by atoms with Crippen molar-refractivity contribution >= 4 is 21.4 Å². The number of benzene rings is 2. The first-order chi connectivity index (χ1) is 8.86. The summed E-state index contributed by atoms with van der Waals surface area (Å²) in [4.78, 5) is 0.101. The highest BCUT2D eigenvalue weighted by Crippen LogP contribution is 2.31. The fourth-order valence-corrected chi connectivity index (χ4v) is 2.38. The smallest absolute Gasteiger partial charge is 0.175 e. The fourth-order valence-electron chi connectivity index (χ4n) is 1.45. The minimum atomic E-state index is -3.32. The highest BCUT2D eigenvalue weighted by molar-refractivity contribution is 7.90. The molecule has 0 saturated heterocycles. The maximum absolute atomic E-state index is 13.0. The Morgan fingerprint density at radius 1 is 1.16 bits per heavy atom. The van der Waals surface area contributed by atoms with Gasteiger partial charge in [-0.15, -0.1) is 0 Å². The van der Waals surface area contributed by atoms with Gasteiger partial charge in [-0.05, 0) is 30.3 Å². The van der Waals surface area contributed by atoms with Crippen LogP contribution in [0, 0.1) is 5.82 Å². The van der Waals surface area contributed by atoms with Crippen molar-refractivity contribution in [1.29, 1.82) is 0 Å². The summed E-state index contributed by atoms with van der Waals surface area (Å²) >= 11 is 5.94. The van der Waals surface area contributed by atoms with Crippen molar-refractivity contribution in [3.05, 3.63) is 53.3 Å². The van der Waals surface area contributed by atoms with E-state index in [2.05, 4.69) is 0 Å². The van der Waals surface area contributed by atoms with Gasteiger partial charge in [-0.3, -0.25) is 0 Å². The van der Waals surface area contributed by atoms with Gasteiger partial charge in [0.25, 0.3) is 0 Å². The van der Waals surface area contributed by atoms with E-state index in [0.29, 0.717) is 0 Å². The molecule has 2 rings (SSSR count). The van der Waals surface area contributed by atoms with Crippen LogP contribution in [-0.2, 0) is 9.84 Å². The molecule has 0 aliphatic rings. The van der Waals surface area contributed by atoms with Crippen LogP contribution in [0.1, 0.15) is 0 Å². The minimum absolute atomic E-state index is 0.101. The predicted octanol–water partition coefficient (Wildman–Crippen LogP) is 3.67. The maximum Gasteiger partial charge on any atom is 0.175 e. The molecule has 2 aromatic rings. The van der Waals surface area contributed by atoms with Crippen molar-refractivity contribution in [2.45, 2.75) is 4.90 Å². The molecule has 0 heterocycles. The van der Waals surface area contributed by atoms with Gasteiger partial charge in [-0.1, -0.05) is 17.7 Å². The highest BCUT2D eigenvalue weighted by Gasteiger charge is 2.11. The molecule has 0 atom stereocenters. The summed E-state index contributed by atoms with van der Waals surface area (Å²) in [6, 6.07) is 9.69. The molecule has 0 bridgehead atoms. The third kappa shape index (κ3) is 3.45. The number of rotatable bonds is 3. The van der Waals surface area contributed by atoms with Gasteiger partial charge in [-0.25, -0.2) is 12.8 Å². The lowest BCUT2D eigenvalue weighted by atomic mass is 10.3. The summed E-state index contributed by atoms with van der Waals surface area (Å²) in [5.74, 6) is 0.120. The Morgan fingerprint density at radius 3 is 2.47 bits per heavy atom. The molecule has 0 aliphatic carbocycles. The van der Waals surface area contributed by atoms with Crippen LogP contribution in [0.5, 0.6) is 11.5 Å². The van der Waals surface area contributed by atoms with Gasteiger partial charge < -0.3 is 4.74 Å². The van der Waals surface area contributed by atoms with Crippen LogP contribution in [0.4, 0.5) is 4.39 Å². The van der Waals surface area contributed by atoms with E-state index in [1.165, 1.54) is 36.4 Å². The van der Waals surface area contributed by atoms with Gasteiger partial charge in [0.15, 0.2) is 9.84 Å². The molecule has 0 aromatic heterocycles. The Hall–Kier alpha value is -1.59. The van der Waals surface area contributed by atoms with E-state index in [-0.39, 0.29) is 21.4 Å². The fraction of sp³-hybridized carbons (Fsp3) is 0.0769. The van der Waals surface area contributed by atoms with Crippen LogP contribution >= 0.6 is 11.6 Å². The number of hydrogen-bond acceptors (Lipinski definition) is 3. The van der Waals surface area contributed by atoms with Gasteiger partial charge in [-0.2, -0.15) is 0 Å². The Labute approximate surface area is 115 Å².